The summed E-state index contributed by atoms with van der Waals surface area (Å²) >= 11 is 0. The number of benzene rings is 1. The molecule has 0 unspecified atom stereocenters. The number of amides is 1. The molecule has 1 aliphatic heterocycles. The molecule has 2 N–H and O–H groups in total. The average molecular weight is 320 g/mol. The Morgan fingerprint density at radius 2 is 2.00 bits per heavy atom. The van der Waals surface area contributed by atoms with Crippen molar-refractivity contribution in [1.82, 2.24) is 0 Å². The molecule has 124 valence electrons. The van der Waals surface area contributed by atoms with E-state index in [9.17, 15) is 14.0 Å². The minimum atomic E-state index is -0.746. The Labute approximate surface area is 134 Å². The Morgan fingerprint density at radius 1 is 1.35 bits per heavy atom. The van der Waals surface area contributed by atoms with Crippen LogP contribution in [0, 0.1) is 17.7 Å². The number of anilines is 1. The standard InChI is InChI=1S/C17H21FN2O3/c1-8-15(19)12-6-11(17(22)23-3)13(18)7-14(12)20(9(2)21)16(8)10-4-5-10/h6-8,10,15-16H,4-5,19H2,1-3H3/t8-,15-,16+/m1/s1. The van der Waals surface area contributed by atoms with Gasteiger partial charge < -0.3 is 15.4 Å². The van der Waals surface area contributed by atoms with Gasteiger partial charge in [-0.05, 0) is 42.4 Å². The van der Waals surface area contributed by atoms with Gasteiger partial charge in [-0.15, -0.1) is 0 Å². The Bertz CT molecular complexity index is 672. The number of methoxy groups -OCH3 is 1. The molecule has 0 spiro atoms. The number of ether oxygens (including phenoxy) is 1. The predicted octanol–water partition coefficient (Wildman–Crippen LogP) is 2.39. The van der Waals surface area contributed by atoms with Crippen molar-refractivity contribution < 1.29 is 18.7 Å². The van der Waals surface area contributed by atoms with Crippen molar-refractivity contribution in [2.75, 3.05) is 12.0 Å². The zero-order chi connectivity index (χ0) is 16.9. The lowest BCUT2D eigenvalue weighted by atomic mass is 9.80. The number of carbonyl (C=O) groups is 2. The molecule has 6 heteroatoms. The van der Waals surface area contributed by atoms with E-state index in [-0.39, 0.29) is 29.5 Å². The summed E-state index contributed by atoms with van der Waals surface area (Å²) in [6.07, 6.45) is 2.12. The number of nitrogens with two attached hydrogens (primary N) is 1. The molecule has 3 rings (SSSR count). The summed E-state index contributed by atoms with van der Waals surface area (Å²) in [7, 11) is 1.20. The Kier molecular flexibility index (Phi) is 3.88. The van der Waals surface area contributed by atoms with Gasteiger partial charge in [0, 0.05) is 19.0 Å². The van der Waals surface area contributed by atoms with Gasteiger partial charge in [0.2, 0.25) is 5.91 Å². The first-order chi connectivity index (χ1) is 10.9. The zero-order valence-electron chi connectivity index (χ0n) is 13.5. The van der Waals surface area contributed by atoms with Crippen LogP contribution >= 0.6 is 0 Å². The molecule has 1 heterocycles. The van der Waals surface area contributed by atoms with Crippen LogP contribution in [0.15, 0.2) is 12.1 Å². The third-order valence-corrected chi connectivity index (χ3v) is 4.99. The van der Waals surface area contributed by atoms with Gasteiger partial charge in [0.25, 0.3) is 0 Å². The number of esters is 1. The second-order valence-electron chi connectivity index (χ2n) is 6.48. The Morgan fingerprint density at radius 3 is 2.52 bits per heavy atom. The number of rotatable bonds is 2. The van der Waals surface area contributed by atoms with Crippen LogP contribution in [0.3, 0.4) is 0 Å². The molecule has 2 aliphatic rings. The molecule has 5 nitrogen and oxygen atoms in total. The van der Waals surface area contributed by atoms with E-state index in [2.05, 4.69) is 4.74 Å². The fraction of sp³-hybridized carbons (Fsp3) is 0.529. The van der Waals surface area contributed by atoms with Crippen molar-refractivity contribution in [3.63, 3.8) is 0 Å². The van der Waals surface area contributed by atoms with Crippen LogP contribution in [0.25, 0.3) is 0 Å². The first-order valence-corrected chi connectivity index (χ1v) is 7.84. The molecule has 0 radical (unpaired) electrons. The average Bonchev–Trinajstić information content (AvgIpc) is 3.33. The summed E-state index contributed by atoms with van der Waals surface area (Å²) in [5.74, 6) is -1.12. The van der Waals surface area contributed by atoms with Gasteiger partial charge >= 0.3 is 5.97 Å². The largest absolute Gasteiger partial charge is 0.465 e. The van der Waals surface area contributed by atoms with E-state index in [4.69, 9.17) is 5.73 Å². The number of halogens is 1. The maximum absolute atomic E-state index is 14.3. The van der Waals surface area contributed by atoms with Crippen molar-refractivity contribution in [3.8, 4) is 0 Å². The van der Waals surface area contributed by atoms with Crippen LogP contribution < -0.4 is 10.6 Å². The summed E-state index contributed by atoms with van der Waals surface area (Å²) in [6, 6.07) is 2.30. The first-order valence-electron chi connectivity index (χ1n) is 7.84. The molecule has 0 aromatic heterocycles. The van der Waals surface area contributed by atoms with Crippen LogP contribution in [-0.2, 0) is 9.53 Å². The van der Waals surface area contributed by atoms with Gasteiger partial charge in [0.15, 0.2) is 0 Å². The Balaban J connectivity index is 2.16. The SMILES string of the molecule is COC(=O)c1cc2c(cc1F)N(C(C)=O)[C@H](C1CC1)[C@H](C)[C@H]2N. The van der Waals surface area contributed by atoms with Crippen molar-refractivity contribution in [2.24, 2.45) is 17.6 Å². The van der Waals surface area contributed by atoms with Crippen molar-refractivity contribution in [3.05, 3.63) is 29.1 Å². The van der Waals surface area contributed by atoms with Crippen LogP contribution in [0.1, 0.15) is 48.7 Å². The van der Waals surface area contributed by atoms with Crippen LogP contribution in [0.5, 0.6) is 0 Å². The summed E-state index contributed by atoms with van der Waals surface area (Å²) in [5, 5.41) is 0. The molecule has 0 bridgehead atoms. The van der Waals surface area contributed by atoms with E-state index in [0.717, 1.165) is 12.8 Å². The van der Waals surface area contributed by atoms with Crippen molar-refractivity contribution in [1.29, 1.82) is 0 Å². The topological polar surface area (TPSA) is 72.6 Å². The second kappa shape index (κ2) is 5.60. The van der Waals surface area contributed by atoms with Gasteiger partial charge in [-0.25, -0.2) is 9.18 Å². The predicted molar refractivity (Wildman–Crippen MR) is 83.5 cm³/mol. The van der Waals surface area contributed by atoms with E-state index in [1.807, 2.05) is 6.92 Å². The molecule has 23 heavy (non-hydrogen) atoms. The number of fused-ring (bicyclic) bond motifs is 1. The van der Waals surface area contributed by atoms with Gasteiger partial charge in [0.05, 0.1) is 18.4 Å². The Hall–Kier alpha value is -1.95. The molecule has 0 saturated heterocycles. The van der Waals surface area contributed by atoms with Crippen LogP contribution in [-0.4, -0.2) is 25.0 Å². The molecular formula is C17H21FN2O3. The quantitative estimate of drug-likeness (QED) is 0.849. The molecule has 3 atom stereocenters. The van der Waals surface area contributed by atoms with Crippen molar-refractivity contribution in [2.45, 2.75) is 38.8 Å². The monoisotopic (exact) mass is 320 g/mol. The third-order valence-electron chi connectivity index (χ3n) is 4.99. The number of carbonyl (C=O) groups excluding carboxylic acids is 2. The van der Waals surface area contributed by atoms with E-state index in [1.54, 1.807) is 4.90 Å². The molecule has 1 aliphatic carbocycles. The van der Waals surface area contributed by atoms with E-state index < -0.39 is 11.8 Å². The third kappa shape index (κ3) is 2.51. The maximum atomic E-state index is 14.3. The lowest BCUT2D eigenvalue weighted by Gasteiger charge is -2.44. The highest BCUT2D eigenvalue weighted by Gasteiger charge is 2.47. The minimum absolute atomic E-state index is 0.0154. The highest BCUT2D eigenvalue weighted by Crippen LogP contribution is 2.48. The minimum Gasteiger partial charge on any atom is -0.465 e. The van der Waals surface area contributed by atoms with Crippen molar-refractivity contribution >= 4 is 17.6 Å². The maximum Gasteiger partial charge on any atom is 0.340 e. The molecular weight excluding hydrogens is 299 g/mol. The summed E-state index contributed by atoms with van der Waals surface area (Å²) in [5.41, 5.74) is 7.30. The van der Waals surface area contributed by atoms with Gasteiger partial charge in [-0.2, -0.15) is 0 Å². The summed E-state index contributed by atoms with van der Waals surface area (Å²) in [6.45, 7) is 3.49. The summed E-state index contributed by atoms with van der Waals surface area (Å²) in [4.78, 5) is 25.6. The van der Waals surface area contributed by atoms with Gasteiger partial charge in [0.1, 0.15) is 5.82 Å². The fourth-order valence-corrected chi connectivity index (χ4v) is 3.67. The highest BCUT2D eigenvalue weighted by molar-refractivity contribution is 5.96. The summed E-state index contributed by atoms with van der Waals surface area (Å²) < 4.78 is 19.0. The molecule has 1 aromatic rings. The molecule has 1 amide bonds. The number of hydrogen-bond donors (Lipinski definition) is 1. The van der Waals surface area contributed by atoms with E-state index in [1.165, 1.54) is 26.2 Å². The molecule has 1 aromatic carbocycles. The first kappa shape index (κ1) is 15.9. The van der Waals surface area contributed by atoms with E-state index in [0.29, 0.717) is 17.2 Å². The lowest BCUT2D eigenvalue weighted by Crippen LogP contribution is -2.51. The zero-order valence-corrected chi connectivity index (χ0v) is 13.5. The fourth-order valence-electron chi connectivity index (χ4n) is 3.67. The van der Waals surface area contributed by atoms with Crippen LogP contribution in [0.4, 0.5) is 10.1 Å². The smallest absolute Gasteiger partial charge is 0.340 e. The number of hydrogen-bond acceptors (Lipinski definition) is 4. The van der Waals surface area contributed by atoms with Gasteiger partial charge in [-0.1, -0.05) is 6.92 Å². The molecule has 1 fully saturated rings. The van der Waals surface area contributed by atoms with E-state index >= 15 is 0 Å². The molecule has 1 saturated carbocycles. The van der Waals surface area contributed by atoms with Gasteiger partial charge in [-0.3, -0.25) is 4.79 Å². The normalized spacial score (nSPS) is 26.7. The highest BCUT2D eigenvalue weighted by atomic mass is 19.1. The second-order valence-corrected chi connectivity index (χ2v) is 6.48. The lowest BCUT2D eigenvalue weighted by molar-refractivity contribution is -0.117. The van der Waals surface area contributed by atoms with Crippen LogP contribution in [0.2, 0.25) is 0 Å². The number of nitrogens with zero attached hydrogens (tertiary/aromatic N) is 1.